The Kier molecular flexibility index (Phi) is 14.3. The second-order valence-corrected chi connectivity index (χ2v) is 14.2. The van der Waals surface area contributed by atoms with Gasteiger partial charge in [0.25, 0.3) is 0 Å². The van der Waals surface area contributed by atoms with Gasteiger partial charge < -0.3 is 20.1 Å². The fourth-order valence-electron chi connectivity index (χ4n) is 4.62. The Balaban J connectivity index is 0.000000280. The van der Waals surface area contributed by atoms with Crippen LogP contribution in [0.4, 0.5) is 49.6 Å². The van der Waals surface area contributed by atoms with Crippen LogP contribution in [0.5, 0.6) is 11.8 Å². The molecule has 14 heteroatoms. The van der Waals surface area contributed by atoms with E-state index in [-0.39, 0.29) is 18.0 Å². The van der Waals surface area contributed by atoms with Crippen molar-refractivity contribution < 1.29 is 35.8 Å². The molecule has 1 unspecified atom stereocenters. The lowest BCUT2D eigenvalue weighted by atomic mass is 10.0. The molecule has 0 radical (unpaired) electrons. The van der Waals surface area contributed by atoms with E-state index in [4.69, 9.17) is 9.47 Å². The molecule has 2 N–H and O–H groups in total. The molecule has 284 valence electrons. The van der Waals surface area contributed by atoms with Gasteiger partial charge in [0.1, 0.15) is 16.7 Å². The number of nitrogens with one attached hydrogen (secondary N) is 2. The molecular formula is C38H48F6N6O2. The van der Waals surface area contributed by atoms with Gasteiger partial charge in [-0.1, -0.05) is 58.9 Å². The molecule has 0 fully saturated rings. The van der Waals surface area contributed by atoms with Crippen molar-refractivity contribution in [2.24, 2.45) is 11.8 Å². The summed E-state index contributed by atoms with van der Waals surface area (Å²) in [5.41, 5.74) is 0.992. The molecular weight excluding hydrogens is 686 g/mol. The second-order valence-electron chi connectivity index (χ2n) is 14.2. The summed E-state index contributed by atoms with van der Waals surface area (Å²) in [5, 5.41) is 5.84. The van der Waals surface area contributed by atoms with E-state index < -0.39 is 40.8 Å². The van der Waals surface area contributed by atoms with Gasteiger partial charge >= 0.3 is 12.4 Å². The fraction of sp³-hybridized carbons (Fsp3) is 0.474. The summed E-state index contributed by atoms with van der Waals surface area (Å²) in [4.78, 5) is 15.4. The minimum atomic E-state index is -4.59. The third kappa shape index (κ3) is 13.8. The predicted octanol–water partition coefficient (Wildman–Crippen LogP) is 11.2. The number of halogens is 6. The lowest BCUT2D eigenvalue weighted by Crippen LogP contribution is -2.26. The first kappa shape index (κ1) is 41.8. The highest BCUT2D eigenvalue weighted by Gasteiger charge is 2.38. The van der Waals surface area contributed by atoms with Crippen molar-refractivity contribution in [1.82, 2.24) is 19.9 Å². The molecule has 52 heavy (non-hydrogen) atoms. The van der Waals surface area contributed by atoms with Gasteiger partial charge in [0.05, 0.1) is 6.10 Å². The summed E-state index contributed by atoms with van der Waals surface area (Å²) >= 11 is 0. The topological polar surface area (TPSA) is 94.1 Å². The van der Waals surface area contributed by atoms with Gasteiger partial charge in [-0.15, -0.1) is 0 Å². The van der Waals surface area contributed by atoms with Crippen molar-refractivity contribution in [3.05, 3.63) is 83.2 Å². The standard InChI is InChI=1S/2C19H24F3N3O/c1-12(2)10-13-6-8-14(9-7-13)24-17-23-11-15(19(20,21)22)16(25-17)26-18(3,4)5;1-5-13(4)26-17-16(19(20,21)22)11-23-18(25-17)24-15-8-6-14(7-9-15)10-12(2)3/h6-9,11-12H,10H2,1-5H3,(H,23,24,25);6-9,11-13H,5,10H2,1-4H3,(H,23,24,25). The van der Waals surface area contributed by atoms with Crippen LogP contribution in [0.15, 0.2) is 60.9 Å². The van der Waals surface area contributed by atoms with Crippen LogP contribution in [-0.2, 0) is 25.2 Å². The SMILES string of the molecule is CC(C)Cc1ccc(Nc2ncc(C(F)(F)F)c(OC(C)(C)C)n2)cc1.CCC(C)Oc1nc(Nc2ccc(CC(C)C)cc2)ncc1C(F)(F)F. The first-order valence-corrected chi connectivity index (χ1v) is 17.1. The number of ether oxygens (including phenoxy) is 2. The van der Waals surface area contributed by atoms with Crippen molar-refractivity contribution in [2.45, 2.75) is 106 Å². The minimum absolute atomic E-state index is 0.0499. The summed E-state index contributed by atoms with van der Waals surface area (Å²) in [6.45, 7) is 17.1. The van der Waals surface area contributed by atoms with Gasteiger partial charge in [0, 0.05) is 23.8 Å². The third-order valence-corrected chi connectivity index (χ3v) is 7.12. The molecule has 8 nitrogen and oxygen atoms in total. The molecule has 0 saturated carbocycles. The first-order valence-electron chi connectivity index (χ1n) is 17.1. The van der Waals surface area contributed by atoms with Gasteiger partial charge in [0.15, 0.2) is 0 Å². The van der Waals surface area contributed by atoms with Gasteiger partial charge in [0.2, 0.25) is 23.7 Å². The maximum atomic E-state index is 13.2. The van der Waals surface area contributed by atoms with Crippen molar-refractivity contribution in [3.8, 4) is 11.8 Å². The summed E-state index contributed by atoms with van der Waals surface area (Å²) < 4.78 is 89.6. The Hall–Kier alpha value is -4.62. The van der Waals surface area contributed by atoms with E-state index in [9.17, 15) is 26.3 Å². The lowest BCUT2D eigenvalue weighted by Gasteiger charge is -2.23. The van der Waals surface area contributed by atoms with E-state index in [1.165, 1.54) is 11.1 Å². The molecule has 0 spiro atoms. The molecule has 0 amide bonds. The molecule has 0 saturated heterocycles. The average Bonchev–Trinajstić information content (AvgIpc) is 3.01. The number of alkyl halides is 6. The van der Waals surface area contributed by atoms with Crippen molar-refractivity contribution in [2.75, 3.05) is 10.6 Å². The van der Waals surface area contributed by atoms with Crippen LogP contribution in [0.1, 0.15) is 91.0 Å². The van der Waals surface area contributed by atoms with Gasteiger partial charge in [-0.2, -0.15) is 36.3 Å². The Morgan fingerprint density at radius 3 is 1.35 bits per heavy atom. The summed E-state index contributed by atoms with van der Waals surface area (Å²) in [7, 11) is 0. The van der Waals surface area contributed by atoms with E-state index >= 15 is 0 Å². The summed E-state index contributed by atoms with van der Waals surface area (Å²) in [6, 6.07) is 15.3. The number of benzene rings is 2. The van der Waals surface area contributed by atoms with Crippen molar-refractivity contribution in [1.29, 1.82) is 0 Å². The highest BCUT2D eigenvalue weighted by molar-refractivity contribution is 5.55. The second kappa shape index (κ2) is 17.7. The Labute approximate surface area is 301 Å². The number of rotatable bonds is 12. The van der Waals surface area contributed by atoms with Gasteiger partial charge in [-0.25, -0.2) is 9.97 Å². The van der Waals surface area contributed by atoms with Crippen LogP contribution < -0.4 is 20.1 Å². The maximum Gasteiger partial charge on any atom is 0.423 e. The van der Waals surface area contributed by atoms with E-state index in [1.54, 1.807) is 27.7 Å². The fourth-order valence-corrected chi connectivity index (χ4v) is 4.62. The normalized spacial score (nSPS) is 12.6. The molecule has 0 aliphatic rings. The largest absolute Gasteiger partial charge is 0.474 e. The molecule has 4 rings (SSSR count). The summed E-state index contributed by atoms with van der Waals surface area (Å²) in [5.74, 6) is 0.262. The molecule has 2 heterocycles. The number of hydrogen-bond acceptors (Lipinski definition) is 8. The molecule has 4 aromatic rings. The molecule has 0 aliphatic carbocycles. The minimum Gasteiger partial charge on any atom is -0.474 e. The van der Waals surface area contributed by atoms with Crippen LogP contribution in [0.25, 0.3) is 0 Å². The zero-order valence-electron chi connectivity index (χ0n) is 31.0. The average molecular weight is 735 g/mol. The Morgan fingerprint density at radius 1 is 0.615 bits per heavy atom. The maximum absolute atomic E-state index is 13.2. The monoisotopic (exact) mass is 734 g/mol. The number of nitrogens with zero attached hydrogens (tertiary/aromatic N) is 4. The molecule has 0 bridgehead atoms. The highest BCUT2D eigenvalue weighted by Crippen LogP contribution is 2.37. The van der Waals surface area contributed by atoms with Crippen molar-refractivity contribution >= 4 is 23.3 Å². The van der Waals surface area contributed by atoms with Crippen LogP contribution >= 0.6 is 0 Å². The molecule has 0 aliphatic heterocycles. The zero-order valence-corrected chi connectivity index (χ0v) is 31.0. The third-order valence-electron chi connectivity index (χ3n) is 7.12. The van der Waals surface area contributed by atoms with E-state index in [1.807, 2.05) is 55.5 Å². The molecule has 2 aromatic heterocycles. The zero-order chi connectivity index (χ0) is 38.9. The van der Waals surface area contributed by atoms with Crippen LogP contribution in [-0.4, -0.2) is 31.6 Å². The first-order chi connectivity index (χ1) is 24.1. The number of aromatic nitrogens is 4. The summed E-state index contributed by atoms with van der Waals surface area (Å²) in [6.07, 6.45) is -5.55. The van der Waals surface area contributed by atoms with Gasteiger partial charge in [-0.05, 0) is 94.2 Å². The van der Waals surface area contributed by atoms with E-state index in [0.29, 0.717) is 29.6 Å². The number of anilines is 4. The van der Waals surface area contributed by atoms with Crippen LogP contribution in [0.2, 0.25) is 0 Å². The van der Waals surface area contributed by atoms with E-state index in [2.05, 4.69) is 58.3 Å². The smallest absolute Gasteiger partial charge is 0.423 e. The number of hydrogen-bond donors (Lipinski definition) is 2. The lowest BCUT2D eigenvalue weighted by molar-refractivity contribution is -0.141. The Bertz CT molecular complexity index is 1700. The van der Waals surface area contributed by atoms with Gasteiger partial charge in [-0.3, -0.25) is 0 Å². The quantitative estimate of drug-likeness (QED) is 0.139. The molecule has 1 atom stereocenters. The van der Waals surface area contributed by atoms with Crippen molar-refractivity contribution in [3.63, 3.8) is 0 Å². The Morgan fingerprint density at radius 2 is 1.00 bits per heavy atom. The van der Waals surface area contributed by atoms with E-state index in [0.717, 1.165) is 25.2 Å². The molecule has 2 aromatic carbocycles. The van der Waals surface area contributed by atoms with Crippen LogP contribution in [0.3, 0.4) is 0 Å². The van der Waals surface area contributed by atoms with Crippen LogP contribution in [0, 0.1) is 11.8 Å². The highest BCUT2D eigenvalue weighted by atomic mass is 19.4. The predicted molar refractivity (Wildman–Crippen MR) is 191 cm³/mol.